The van der Waals surface area contributed by atoms with Gasteiger partial charge >= 0.3 is 11.9 Å². The summed E-state index contributed by atoms with van der Waals surface area (Å²) in [5.74, 6) is -1.93. The van der Waals surface area contributed by atoms with E-state index in [1.54, 1.807) is 32.0 Å². The smallest absolute Gasteiger partial charge is 0.325 e. The molecule has 20 heavy (non-hydrogen) atoms. The fourth-order valence-electron chi connectivity index (χ4n) is 1.76. The van der Waals surface area contributed by atoms with Gasteiger partial charge in [0.05, 0.1) is 20.3 Å². The van der Waals surface area contributed by atoms with Crippen LogP contribution in [0.4, 0.5) is 0 Å². The van der Waals surface area contributed by atoms with E-state index in [1.165, 1.54) is 7.11 Å². The molecule has 0 aliphatic rings. The summed E-state index contributed by atoms with van der Waals surface area (Å²) in [4.78, 5) is 24.2. The molecule has 110 valence electrons. The fraction of sp³-hybridized carbons (Fsp3) is 0.429. The van der Waals surface area contributed by atoms with E-state index in [9.17, 15) is 9.59 Å². The number of halogens is 1. The molecule has 0 N–H and O–H groups in total. The molecule has 0 saturated heterocycles. The second kappa shape index (κ2) is 8.08. The summed E-state index contributed by atoms with van der Waals surface area (Å²) in [6.07, 6.45) is 0. The standard InChI is InChI=1S/C14H17IO5/c1-4-19-13(16)12(14(17)20-5-2)11-9(15)7-6-8-10(11)18-3/h6-8,12H,4-5H2,1-3H3. The number of methoxy groups -OCH3 is 1. The zero-order valence-corrected chi connectivity index (χ0v) is 13.8. The Morgan fingerprint density at radius 2 is 1.70 bits per heavy atom. The summed E-state index contributed by atoms with van der Waals surface area (Å²) in [6.45, 7) is 3.77. The van der Waals surface area contributed by atoms with Gasteiger partial charge < -0.3 is 14.2 Å². The number of esters is 2. The molecule has 0 unspecified atom stereocenters. The summed E-state index contributed by atoms with van der Waals surface area (Å²) in [5, 5.41) is 0. The minimum absolute atomic E-state index is 0.195. The van der Waals surface area contributed by atoms with Gasteiger partial charge in [0.25, 0.3) is 0 Å². The number of rotatable bonds is 6. The van der Waals surface area contributed by atoms with Crippen molar-refractivity contribution in [1.29, 1.82) is 0 Å². The van der Waals surface area contributed by atoms with Crippen molar-refractivity contribution in [3.63, 3.8) is 0 Å². The van der Waals surface area contributed by atoms with Gasteiger partial charge in [0, 0.05) is 9.13 Å². The van der Waals surface area contributed by atoms with Gasteiger partial charge in [-0.2, -0.15) is 0 Å². The van der Waals surface area contributed by atoms with E-state index in [2.05, 4.69) is 22.6 Å². The molecule has 1 aromatic rings. The normalized spacial score (nSPS) is 10.2. The fourth-order valence-corrected chi connectivity index (χ4v) is 2.54. The quantitative estimate of drug-likeness (QED) is 0.423. The van der Waals surface area contributed by atoms with Crippen molar-refractivity contribution in [2.45, 2.75) is 19.8 Å². The van der Waals surface area contributed by atoms with Crippen LogP contribution in [0.5, 0.6) is 5.75 Å². The molecular weight excluding hydrogens is 375 g/mol. The first-order chi connectivity index (χ1) is 9.56. The molecule has 0 heterocycles. The third-order valence-corrected chi connectivity index (χ3v) is 3.51. The average Bonchev–Trinajstić information content (AvgIpc) is 2.41. The van der Waals surface area contributed by atoms with E-state index < -0.39 is 17.9 Å². The Balaban J connectivity index is 3.29. The highest BCUT2D eigenvalue weighted by Gasteiger charge is 2.35. The first kappa shape index (κ1) is 16.7. The Morgan fingerprint density at radius 3 is 2.15 bits per heavy atom. The molecule has 0 spiro atoms. The van der Waals surface area contributed by atoms with Crippen LogP contribution in [-0.4, -0.2) is 32.3 Å². The molecule has 0 fully saturated rings. The van der Waals surface area contributed by atoms with Crippen LogP contribution >= 0.6 is 22.6 Å². The minimum Gasteiger partial charge on any atom is -0.496 e. The average molecular weight is 392 g/mol. The van der Waals surface area contributed by atoms with E-state index >= 15 is 0 Å². The predicted molar refractivity (Wildman–Crippen MR) is 81.7 cm³/mol. The molecule has 6 heteroatoms. The number of hydrogen-bond donors (Lipinski definition) is 0. The number of carbonyl (C=O) groups excluding carboxylic acids is 2. The lowest BCUT2D eigenvalue weighted by Crippen LogP contribution is -2.27. The summed E-state index contributed by atoms with van der Waals surface area (Å²) < 4.78 is 16.0. The first-order valence-electron chi connectivity index (χ1n) is 6.22. The zero-order chi connectivity index (χ0) is 15.1. The van der Waals surface area contributed by atoms with E-state index in [-0.39, 0.29) is 13.2 Å². The van der Waals surface area contributed by atoms with E-state index in [0.717, 1.165) is 3.57 Å². The number of benzene rings is 1. The third kappa shape index (κ3) is 3.84. The monoisotopic (exact) mass is 392 g/mol. The molecule has 1 aromatic carbocycles. The molecule has 0 aliphatic carbocycles. The Bertz CT molecular complexity index is 468. The van der Waals surface area contributed by atoms with Crippen LogP contribution in [0.15, 0.2) is 18.2 Å². The van der Waals surface area contributed by atoms with Crippen LogP contribution in [-0.2, 0) is 19.1 Å². The van der Waals surface area contributed by atoms with Gasteiger partial charge in [-0.3, -0.25) is 9.59 Å². The van der Waals surface area contributed by atoms with Gasteiger partial charge in [-0.25, -0.2) is 0 Å². The molecule has 0 bridgehead atoms. The van der Waals surface area contributed by atoms with Crippen molar-refractivity contribution in [2.24, 2.45) is 0 Å². The second-order valence-electron chi connectivity index (χ2n) is 3.79. The SMILES string of the molecule is CCOC(=O)C(C(=O)OCC)c1c(I)cccc1OC. The molecule has 0 aliphatic heterocycles. The van der Waals surface area contributed by atoms with Crippen molar-refractivity contribution in [1.82, 2.24) is 0 Å². The van der Waals surface area contributed by atoms with Gasteiger partial charge in [0.2, 0.25) is 0 Å². The predicted octanol–water partition coefficient (Wildman–Crippen LogP) is 2.51. The minimum atomic E-state index is -1.13. The van der Waals surface area contributed by atoms with Gasteiger partial charge in [0.15, 0.2) is 5.92 Å². The van der Waals surface area contributed by atoms with Crippen LogP contribution in [0.2, 0.25) is 0 Å². The maximum absolute atomic E-state index is 12.1. The largest absolute Gasteiger partial charge is 0.496 e. The molecule has 5 nitrogen and oxygen atoms in total. The Morgan fingerprint density at radius 1 is 1.15 bits per heavy atom. The maximum Gasteiger partial charge on any atom is 0.325 e. The lowest BCUT2D eigenvalue weighted by Gasteiger charge is -2.18. The lowest BCUT2D eigenvalue weighted by atomic mass is 9.98. The highest BCUT2D eigenvalue weighted by molar-refractivity contribution is 14.1. The number of hydrogen-bond acceptors (Lipinski definition) is 5. The lowest BCUT2D eigenvalue weighted by molar-refractivity contribution is -0.157. The number of carbonyl (C=O) groups is 2. The molecule has 0 atom stereocenters. The highest BCUT2D eigenvalue weighted by Crippen LogP contribution is 2.33. The van der Waals surface area contributed by atoms with Crippen molar-refractivity contribution >= 4 is 34.5 Å². The summed E-state index contributed by atoms with van der Waals surface area (Å²) in [7, 11) is 1.49. The summed E-state index contributed by atoms with van der Waals surface area (Å²) in [6, 6.07) is 5.28. The molecule has 0 radical (unpaired) electrons. The topological polar surface area (TPSA) is 61.8 Å². The van der Waals surface area contributed by atoms with Crippen LogP contribution in [0, 0.1) is 3.57 Å². The van der Waals surface area contributed by atoms with Crippen LogP contribution in [0.3, 0.4) is 0 Å². The van der Waals surface area contributed by atoms with E-state index in [4.69, 9.17) is 14.2 Å². The molecule has 0 saturated carbocycles. The van der Waals surface area contributed by atoms with Crippen LogP contribution < -0.4 is 4.74 Å². The van der Waals surface area contributed by atoms with Crippen molar-refractivity contribution in [2.75, 3.05) is 20.3 Å². The van der Waals surface area contributed by atoms with Crippen molar-refractivity contribution in [3.8, 4) is 5.75 Å². The van der Waals surface area contributed by atoms with Gasteiger partial charge in [-0.15, -0.1) is 0 Å². The molecule has 0 aromatic heterocycles. The van der Waals surface area contributed by atoms with Gasteiger partial charge in [-0.05, 0) is 48.6 Å². The molecular formula is C14H17IO5. The van der Waals surface area contributed by atoms with Gasteiger partial charge in [0.1, 0.15) is 5.75 Å². The first-order valence-corrected chi connectivity index (χ1v) is 7.30. The van der Waals surface area contributed by atoms with Crippen LogP contribution in [0.25, 0.3) is 0 Å². The molecule has 1 rings (SSSR count). The summed E-state index contributed by atoms with van der Waals surface area (Å²) in [5.41, 5.74) is 0.479. The molecule has 0 amide bonds. The van der Waals surface area contributed by atoms with Crippen molar-refractivity contribution < 1.29 is 23.8 Å². The summed E-state index contributed by atoms with van der Waals surface area (Å²) >= 11 is 2.05. The Hall–Kier alpha value is -1.31. The van der Waals surface area contributed by atoms with Gasteiger partial charge in [-0.1, -0.05) is 6.07 Å². The zero-order valence-electron chi connectivity index (χ0n) is 11.6. The van der Waals surface area contributed by atoms with E-state index in [0.29, 0.717) is 11.3 Å². The Labute approximate surface area is 131 Å². The van der Waals surface area contributed by atoms with E-state index in [1.807, 2.05) is 0 Å². The van der Waals surface area contributed by atoms with Crippen LogP contribution in [0.1, 0.15) is 25.3 Å². The Kier molecular flexibility index (Phi) is 6.77. The second-order valence-corrected chi connectivity index (χ2v) is 4.96. The number of ether oxygens (including phenoxy) is 3. The third-order valence-electron chi connectivity index (χ3n) is 2.57. The highest BCUT2D eigenvalue weighted by atomic mass is 127. The van der Waals surface area contributed by atoms with Crippen molar-refractivity contribution in [3.05, 3.63) is 27.3 Å². The maximum atomic E-state index is 12.1.